The number of rotatable bonds is 11. The summed E-state index contributed by atoms with van der Waals surface area (Å²) in [6.45, 7) is 4.44. The first-order valence-electron chi connectivity index (χ1n) is 10.9. The van der Waals surface area contributed by atoms with Gasteiger partial charge in [0.15, 0.2) is 5.82 Å². The van der Waals surface area contributed by atoms with Gasteiger partial charge in [-0.05, 0) is 50.1 Å². The maximum Gasteiger partial charge on any atom is 0.416 e. The number of aromatic nitrogens is 1. The van der Waals surface area contributed by atoms with Crippen molar-refractivity contribution in [3.8, 4) is 0 Å². The van der Waals surface area contributed by atoms with Crippen molar-refractivity contribution in [3.63, 3.8) is 0 Å². The van der Waals surface area contributed by atoms with Gasteiger partial charge in [-0.3, -0.25) is 19.7 Å². The molecule has 0 radical (unpaired) electrons. The SMILES string of the molecule is CCN(Cc1ccc(Cl)nc1)/C(NC)=C(/C(c1ccc(C(F)(F)F)cc1)C(C(C)=O)C(C)=O)[N+](=O)[O-]. The first-order valence-corrected chi connectivity index (χ1v) is 11.3. The number of nitro groups is 1. The van der Waals surface area contributed by atoms with Gasteiger partial charge in [-0.15, -0.1) is 0 Å². The predicted molar refractivity (Wildman–Crippen MR) is 127 cm³/mol. The number of benzene rings is 1. The normalized spacial score (nSPS) is 13.1. The molecule has 0 bridgehead atoms. The standard InChI is InChI=1S/C24H26ClF3N4O4/c1-5-31(13-16-6-11-19(25)30-12-16)23(29-4)22(32(35)36)21(20(14(2)33)15(3)34)17-7-9-18(10-8-17)24(26,27)28/h6-12,20-21,29H,5,13H2,1-4H3/b23-22-. The fraction of sp³-hybridized carbons (Fsp3) is 0.375. The number of allylic oxidation sites excluding steroid dienone is 1. The Morgan fingerprint density at radius 3 is 2.11 bits per heavy atom. The Hall–Kier alpha value is -3.47. The van der Waals surface area contributed by atoms with Crippen molar-refractivity contribution in [1.29, 1.82) is 0 Å². The van der Waals surface area contributed by atoms with Crippen molar-refractivity contribution in [3.05, 3.63) is 86.1 Å². The van der Waals surface area contributed by atoms with Gasteiger partial charge >= 0.3 is 6.18 Å². The molecule has 1 heterocycles. The Balaban J connectivity index is 2.77. The van der Waals surface area contributed by atoms with Gasteiger partial charge in [-0.2, -0.15) is 13.2 Å². The van der Waals surface area contributed by atoms with E-state index >= 15 is 0 Å². The Kier molecular flexibility index (Phi) is 9.57. The van der Waals surface area contributed by atoms with E-state index in [4.69, 9.17) is 11.6 Å². The van der Waals surface area contributed by atoms with E-state index in [0.717, 1.165) is 38.1 Å². The summed E-state index contributed by atoms with van der Waals surface area (Å²) in [6, 6.07) is 6.92. The summed E-state index contributed by atoms with van der Waals surface area (Å²) in [5.74, 6) is -4.22. The third-order valence-corrected chi connectivity index (χ3v) is 5.86. The number of nitrogens with one attached hydrogen (secondary N) is 1. The highest BCUT2D eigenvalue weighted by atomic mass is 35.5. The Morgan fingerprint density at radius 2 is 1.72 bits per heavy atom. The Morgan fingerprint density at radius 1 is 1.14 bits per heavy atom. The molecule has 2 rings (SSSR count). The van der Waals surface area contributed by atoms with Crippen LogP contribution >= 0.6 is 11.6 Å². The number of halogens is 4. The number of hydrogen-bond acceptors (Lipinski definition) is 7. The molecule has 0 aliphatic rings. The number of hydrogen-bond donors (Lipinski definition) is 1. The summed E-state index contributed by atoms with van der Waals surface area (Å²) in [5.41, 5.74) is -0.769. The maximum absolute atomic E-state index is 13.1. The molecule has 0 saturated heterocycles. The molecule has 0 amide bonds. The average molecular weight is 527 g/mol. The molecule has 194 valence electrons. The summed E-state index contributed by atoms with van der Waals surface area (Å²) >= 11 is 5.84. The van der Waals surface area contributed by atoms with Crippen LogP contribution in [0.2, 0.25) is 5.15 Å². The number of ketones is 2. The molecule has 0 spiro atoms. The van der Waals surface area contributed by atoms with Crippen LogP contribution in [0.4, 0.5) is 13.2 Å². The second-order valence-electron chi connectivity index (χ2n) is 8.04. The molecule has 1 atom stereocenters. The van der Waals surface area contributed by atoms with E-state index in [1.807, 2.05) is 0 Å². The van der Waals surface area contributed by atoms with Crippen molar-refractivity contribution < 1.29 is 27.7 Å². The predicted octanol–water partition coefficient (Wildman–Crippen LogP) is 4.82. The Labute approximate surface area is 211 Å². The summed E-state index contributed by atoms with van der Waals surface area (Å²) in [6.07, 6.45) is -3.12. The number of carbonyl (C=O) groups is 2. The minimum absolute atomic E-state index is 0.00912. The molecule has 12 heteroatoms. The number of pyridine rings is 1. The van der Waals surface area contributed by atoms with Crippen molar-refractivity contribution in [2.75, 3.05) is 13.6 Å². The van der Waals surface area contributed by atoms with E-state index in [-0.39, 0.29) is 29.6 Å². The van der Waals surface area contributed by atoms with Gasteiger partial charge in [0.25, 0.3) is 5.70 Å². The lowest BCUT2D eigenvalue weighted by molar-refractivity contribution is -0.433. The van der Waals surface area contributed by atoms with Crippen LogP contribution in [-0.4, -0.2) is 40.0 Å². The second kappa shape index (κ2) is 12.0. The van der Waals surface area contributed by atoms with Crippen molar-refractivity contribution in [2.24, 2.45) is 5.92 Å². The number of alkyl halides is 3. The summed E-state index contributed by atoms with van der Waals surface area (Å²) in [4.78, 5) is 42.4. The molecular formula is C24H26ClF3N4O4. The lowest BCUT2D eigenvalue weighted by Gasteiger charge is -2.29. The van der Waals surface area contributed by atoms with Gasteiger partial charge < -0.3 is 10.2 Å². The smallest absolute Gasteiger partial charge is 0.369 e. The quantitative estimate of drug-likeness (QED) is 0.194. The van der Waals surface area contributed by atoms with E-state index in [0.29, 0.717) is 5.56 Å². The van der Waals surface area contributed by atoms with Crippen molar-refractivity contribution in [1.82, 2.24) is 15.2 Å². The van der Waals surface area contributed by atoms with Crippen LogP contribution in [0.1, 0.15) is 43.4 Å². The van der Waals surface area contributed by atoms with Crippen molar-refractivity contribution >= 4 is 23.2 Å². The summed E-state index contributed by atoms with van der Waals surface area (Å²) in [7, 11) is 1.45. The zero-order valence-electron chi connectivity index (χ0n) is 20.1. The molecular weight excluding hydrogens is 501 g/mol. The van der Waals surface area contributed by atoms with Crippen LogP contribution < -0.4 is 5.32 Å². The monoisotopic (exact) mass is 526 g/mol. The molecule has 36 heavy (non-hydrogen) atoms. The van der Waals surface area contributed by atoms with Gasteiger partial charge in [-0.25, -0.2) is 4.98 Å². The highest BCUT2D eigenvalue weighted by molar-refractivity contribution is 6.29. The number of carbonyl (C=O) groups excluding carboxylic acids is 2. The minimum Gasteiger partial charge on any atom is -0.369 e. The van der Waals surface area contributed by atoms with E-state index in [1.165, 1.54) is 13.2 Å². The molecule has 0 aliphatic carbocycles. The third-order valence-electron chi connectivity index (χ3n) is 5.64. The topological polar surface area (TPSA) is 105 Å². The molecule has 1 N–H and O–H groups in total. The molecule has 2 aromatic rings. The maximum atomic E-state index is 13.1. The largest absolute Gasteiger partial charge is 0.416 e. The third kappa shape index (κ3) is 6.81. The van der Waals surface area contributed by atoms with Crippen molar-refractivity contribution in [2.45, 2.75) is 39.4 Å². The lowest BCUT2D eigenvalue weighted by atomic mass is 9.78. The zero-order valence-corrected chi connectivity index (χ0v) is 20.9. The molecule has 1 aromatic heterocycles. The molecule has 1 unspecified atom stereocenters. The molecule has 8 nitrogen and oxygen atoms in total. The van der Waals surface area contributed by atoms with Gasteiger partial charge in [0, 0.05) is 26.3 Å². The zero-order chi connectivity index (χ0) is 27.2. The van der Waals surface area contributed by atoms with E-state index in [1.54, 1.807) is 24.0 Å². The van der Waals surface area contributed by atoms with Crippen LogP contribution in [0, 0.1) is 16.0 Å². The van der Waals surface area contributed by atoms with Gasteiger partial charge in [0.1, 0.15) is 16.7 Å². The van der Waals surface area contributed by atoms with Crippen LogP contribution in [0.15, 0.2) is 54.1 Å². The fourth-order valence-electron chi connectivity index (χ4n) is 4.01. The first-order chi connectivity index (χ1) is 16.8. The number of nitrogens with zero attached hydrogens (tertiary/aromatic N) is 3. The van der Waals surface area contributed by atoms with Gasteiger partial charge in [0.05, 0.1) is 22.3 Å². The second-order valence-corrected chi connectivity index (χ2v) is 8.43. The molecule has 0 saturated carbocycles. The summed E-state index contributed by atoms with van der Waals surface area (Å²) in [5, 5.41) is 15.5. The van der Waals surface area contributed by atoms with Crippen LogP contribution in [-0.2, 0) is 22.3 Å². The van der Waals surface area contributed by atoms with Crippen LogP contribution in [0.5, 0.6) is 0 Å². The van der Waals surface area contributed by atoms with E-state index in [9.17, 15) is 32.9 Å². The molecule has 0 aliphatic heterocycles. The highest BCUT2D eigenvalue weighted by Gasteiger charge is 2.43. The summed E-state index contributed by atoms with van der Waals surface area (Å²) < 4.78 is 39.4. The fourth-order valence-corrected chi connectivity index (χ4v) is 4.12. The molecule has 0 fully saturated rings. The minimum atomic E-state index is -4.63. The lowest BCUT2D eigenvalue weighted by Crippen LogP contribution is -2.37. The highest BCUT2D eigenvalue weighted by Crippen LogP contribution is 2.38. The molecule has 1 aromatic carbocycles. The van der Waals surface area contributed by atoms with E-state index in [2.05, 4.69) is 10.3 Å². The average Bonchev–Trinajstić information content (AvgIpc) is 2.80. The van der Waals surface area contributed by atoms with Crippen LogP contribution in [0.25, 0.3) is 0 Å². The van der Waals surface area contributed by atoms with Gasteiger partial charge in [0.2, 0.25) is 0 Å². The Bertz CT molecular complexity index is 1120. The first kappa shape index (κ1) is 28.8. The van der Waals surface area contributed by atoms with Gasteiger partial charge in [-0.1, -0.05) is 29.8 Å². The van der Waals surface area contributed by atoms with Crippen LogP contribution in [0.3, 0.4) is 0 Å². The van der Waals surface area contributed by atoms with E-state index < -0.39 is 45.8 Å². The number of Topliss-reactive ketones (excluding diaryl/α,β-unsaturated/α-hetero) is 2.